The summed E-state index contributed by atoms with van der Waals surface area (Å²) >= 11 is 9.50. The molecule has 13 heteroatoms. The molecular formula is C35H42ClN3O7S2. The Labute approximate surface area is 293 Å². The summed E-state index contributed by atoms with van der Waals surface area (Å²) in [6, 6.07) is 11.5. The molecule has 10 nitrogen and oxygen atoms in total. The summed E-state index contributed by atoms with van der Waals surface area (Å²) in [7, 11) is 3.76. The van der Waals surface area contributed by atoms with E-state index in [-0.39, 0.29) is 12.4 Å². The van der Waals surface area contributed by atoms with Gasteiger partial charge in [0.2, 0.25) is 17.3 Å². The minimum Gasteiger partial charge on any atom is -0.496 e. The number of carboxylic acid groups (broad SMARTS) is 1. The number of rotatable bonds is 15. The lowest BCUT2D eigenvalue weighted by atomic mass is 9.90. The van der Waals surface area contributed by atoms with Crippen LogP contribution < -0.4 is 4.74 Å². The van der Waals surface area contributed by atoms with Crippen LogP contribution in [0.15, 0.2) is 51.7 Å². The maximum absolute atomic E-state index is 12.8. The van der Waals surface area contributed by atoms with E-state index in [0.29, 0.717) is 56.9 Å². The van der Waals surface area contributed by atoms with Crippen molar-refractivity contribution in [1.82, 2.24) is 15.0 Å². The van der Waals surface area contributed by atoms with Gasteiger partial charge in [0.05, 0.1) is 34.6 Å². The van der Waals surface area contributed by atoms with E-state index in [0.717, 1.165) is 70.1 Å². The summed E-state index contributed by atoms with van der Waals surface area (Å²) in [6.45, 7) is 1.92. The van der Waals surface area contributed by atoms with Crippen molar-refractivity contribution in [2.75, 3.05) is 27.3 Å². The van der Waals surface area contributed by atoms with Crippen LogP contribution in [0.25, 0.3) is 11.4 Å². The first kappa shape index (κ1) is 35.0. The van der Waals surface area contributed by atoms with Gasteiger partial charge in [-0.2, -0.15) is 4.98 Å². The van der Waals surface area contributed by atoms with Crippen LogP contribution in [0.1, 0.15) is 72.6 Å². The van der Waals surface area contributed by atoms with Crippen molar-refractivity contribution >= 4 is 40.2 Å². The number of methoxy groups -OCH3 is 1. The smallest absolute Gasteiger partial charge is 0.347 e. The van der Waals surface area contributed by atoms with Crippen LogP contribution >= 0.6 is 34.3 Å². The molecule has 1 saturated carbocycles. The number of halogens is 1. The fourth-order valence-electron chi connectivity index (χ4n) is 6.53. The molecule has 0 amide bonds. The molecular weight excluding hydrogens is 674 g/mol. The average Bonchev–Trinajstić information content (AvgIpc) is 3.92. The maximum Gasteiger partial charge on any atom is 0.347 e. The molecule has 1 unspecified atom stereocenters. The number of carbonyl (C=O) groups is 1. The fraction of sp³-hybridized carbons (Fsp3) is 0.514. The maximum atomic E-state index is 12.8. The van der Waals surface area contributed by atoms with Crippen LogP contribution in [-0.4, -0.2) is 71.9 Å². The van der Waals surface area contributed by atoms with Gasteiger partial charge in [0, 0.05) is 30.2 Å². The number of aryl methyl sites for hydroxylation is 1. The minimum absolute atomic E-state index is 0.135. The second-order valence-electron chi connectivity index (χ2n) is 12.3. The number of carboxylic acids is 1. The third-order valence-corrected chi connectivity index (χ3v) is 11.4. The van der Waals surface area contributed by atoms with Gasteiger partial charge in [-0.05, 0) is 100.0 Å². The Kier molecular flexibility index (Phi) is 11.8. The highest BCUT2D eigenvalue weighted by Gasteiger charge is 2.48. The van der Waals surface area contributed by atoms with E-state index in [2.05, 4.69) is 22.1 Å². The summed E-state index contributed by atoms with van der Waals surface area (Å²) < 4.78 is 29.4. The molecule has 1 aliphatic heterocycles. The van der Waals surface area contributed by atoms with Crippen molar-refractivity contribution in [3.63, 3.8) is 0 Å². The molecule has 48 heavy (non-hydrogen) atoms. The summed E-state index contributed by atoms with van der Waals surface area (Å²) in [4.78, 5) is 21.2. The van der Waals surface area contributed by atoms with Crippen molar-refractivity contribution < 1.29 is 33.4 Å². The highest BCUT2D eigenvalue weighted by Crippen LogP contribution is 2.42. The van der Waals surface area contributed by atoms with E-state index in [1.165, 1.54) is 22.7 Å². The number of nitrogens with zero attached hydrogens (tertiary/aromatic N) is 3. The number of hydrogen-bond acceptors (Lipinski definition) is 11. The van der Waals surface area contributed by atoms with E-state index < -0.39 is 11.6 Å². The summed E-state index contributed by atoms with van der Waals surface area (Å²) in [6.07, 6.45) is 7.67. The van der Waals surface area contributed by atoms with Crippen LogP contribution in [0, 0.1) is 0 Å². The SMILES string of the molecule is COc1cc(-c2noc(CCCN(C)[C@H]3CC[C@H](OC(C(=O)O)(c4cccs4)c4cccs4)CC3)n2)c(Cl)cc1COC1CCCCO1. The van der Waals surface area contributed by atoms with Crippen LogP contribution in [-0.2, 0) is 37.6 Å². The number of hydrogen-bond donors (Lipinski definition) is 1. The molecule has 3 aromatic heterocycles. The molecule has 0 radical (unpaired) electrons. The number of benzene rings is 1. The molecule has 1 atom stereocenters. The van der Waals surface area contributed by atoms with Gasteiger partial charge in [-0.1, -0.05) is 28.9 Å². The third-order valence-electron chi connectivity index (χ3n) is 9.19. The highest BCUT2D eigenvalue weighted by atomic mass is 35.5. The van der Waals surface area contributed by atoms with E-state index in [4.69, 9.17) is 35.1 Å². The Hall–Kier alpha value is -2.84. The molecule has 1 aliphatic carbocycles. The van der Waals surface area contributed by atoms with Gasteiger partial charge in [0.1, 0.15) is 5.75 Å². The van der Waals surface area contributed by atoms with Crippen molar-refractivity contribution in [2.24, 2.45) is 0 Å². The Balaban J connectivity index is 0.994. The van der Waals surface area contributed by atoms with Gasteiger partial charge < -0.3 is 33.5 Å². The fourth-order valence-corrected chi connectivity index (χ4v) is 8.61. The average molecular weight is 716 g/mol. The van der Waals surface area contributed by atoms with E-state index in [1.807, 2.05) is 47.2 Å². The van der Waals surface area contributed by atoms with Crippen LogP contribution in [0.2, 0.25) is 5.02 Å². The molecule has 0 spiro atoms. The molecule has 4 heterocycles. The lowest BCUT2D eigenvalue weighted by Gasteiger charge is -2.38. The zero-order chi connectivity index (χ0) is 33.5. The topological polar surface area (TPSA) is 116 Å². The number of thiophene rings is 2. The standard InChI is InChI=1S/C35H42ClN3O7S2/c1-39(24-12-14-25(15-13-24)45-35(34(40)41,29-8-6-18-47-29)30-9-7-19-48-30)16-5-10-31-37-33(38-46-31)26-21-28(42-2)23(20-27(26)36)22-44-32-11-3-4-17-43-32/h6-9,18-21,24-25,32H,3-5,10-17,22H2,1-2H3,(H,40,41)/t24-,25-,32?. The Morgan fingerprint density at radius 2 is 1.85 bits per heavy atom. The Bertz CT molecular complexity index is 1570. The van der Waals surface area contributed by atoms with Crippen molar-refractivity contribution in [2.45, 2.75) is 88.4 Å². The molecule has 1 aromatic carbocycles. The molecule has 1 saturated heterocycles. The number of aromatic nitrogens is 2. The summed E-state index contributed by atoms with van der Waals surface area (Å²) in [5, 5.41) is 18.9. The molecule has 2 fully saturated rings. The molecule has 0 bridgehead atoms. The normalized spacial score (nSPS) is 20.3. The lowest BCUT2D eigenvalue weighted by Crippen LogP contribution is -2.44. The zero-order valence-electron chi connectivity index (χ0n) is 27.3. The van der Waals surface area contributed by atoms with Crippen LogP contribution in [0.4, 0.5) is 0 Å². The number of ether oxygens (including phenoxy) is 4. The Morgan fingerprint density at radius 1 is 1.10 bits per heavy atom. The zero-order valence-corrected chi connectivity index (χ0v) is 29.7. The molecule has 6 rings (SSSR count). The molecule has 4 aromatic rings. The van der Waals surface area contributed by atoms with Gasteiger partial charge >= 0.3 is 5.97 Å². The first-order valence-electron chi connectivity index (χ1n) is 16.5. The Morgan fingerprint density at radius 3 is 2.48 bits per heavy atom. The van der Waals surface area contributed by atoms with Gasteiger partial charge in [-0.3, -0.25) is 0 Å². The molecule has 2 aliphatic rings. The van der Waals surface area contributed by atoms with Crippen molar-refractivity contribution in [1.29, 1.82) is 0 Å². The second-order valence-corrected chi connectivity index (χ2v) is 14.6. The number of aliphatic carboxylic acids is 1. The highest BCUT2D eigenvalue weighted by molar-refractivity contribution is 7.12. The van der Waals surface area contributed by atoms with Crippen LogP contribution in [0.3, 0.4) is 0 Å². The van der Waals surface area contributed by atoms with E-state index >= 15 is 0 Å². The monoisotopic (exact) mass is 715 g/mol. The van der Waals surface area contributed by atoms with Gasteiger partial charge in [-0.15, -0.1) is 22.7 Å². The summed E-state index contributed by atoms with van der Waals surface area (Å²) in [5.74, 6) is 0.652. The quantitative estimate of drug-likeness (QED) is 0.131. The van der Waals surface area contributed by atoms with Gasteiger partial charge in [0.25, 0.3) is 0 Å². The molecule has 1 N–H and O–H groups in total. The van der Waals surface area contributed by atoms with E-state index in [1.54, 1.807) is 7.11 Å². The van der Waals surface area contributed by atoms with Crippen molar-refractivity contribution in [3.8, 4) is 17.1 Å². The van der Waals surface area contributed by atoms with Crippen LogP contribution in [0.5, 0.6) is 5.75 Å². The van der Waals surface area contributed by atoms with Crippen molar-refractivity contribution in [3.05, 3.63) is 73.4 Å². The third kappa shape index (κ3) is 7.96. The predicted molar refractivity (Wildman–Crippen MR) is 185 cm³/mol. The molecule has 258 valence electrons. The van der Waals surface area contributed by atoms with Gasteiger partial charge in [0.15, 0.2) is 6.29 Å². The first-order valence-corrected chi connectivity index (χ1v) is 18.6. The van der Waals surface area contributed by atoms with E-state index in [9.17, 15) is 9.90 Å². The second kappa shape index (κ2) is 16.2. The minimum atomic E-state index is -1.47. The largest absolute Gasteiger partial charge is 0.496 e. The summed E-state index contributed by atoms with van der Waals surface area (Å²) in [5.41, 5.74) is 0.00566. The predicted octanol–water partition coefficient (Wildman–Crippen LogP) is 7.79. The van der Waals surface area contributed by atoms with Gasteiger partial charge in [-0.25, -0.2) is 4.79 Å². The first-order chi connectivity index (χ1) is 23.4. The lowest BCUT2D eigenvalue weighted by molar-refractivity contribution is -0.170.